The van der Waals surface area contributed by atoms with Crippen molar-refractivity contribution in [3.63, 3.8) is 0 Å². The van der Waals surface area contributed by atoms with E-state index in [9.17, 15) is 9.59 Å². The molecule has 0 fully saturated rings. The molecule has 0 heterocycles. The number of carbonyl (C=O) groups is 2. The minimum absolute atomic E-state index is 0.171. The lowest BCUT2D eigenvalue weighted by molar-refractivity contribution is 0.0977. The molecule has 0 bridgehead atoms. The molecule has 0 aliphatic heterocycles. The first-order valence-corrected chi connectivity index (χ1v) is 10.9. The van der Waals surface area contributed by atoms with Gasteiger partial charge in [0.1, 0.15) is 5.75 Å². The molecule has 1 amide bonds. The number of amides is 1. The molecule has 0 aliphatic carbocycles. The molecule has 5 nitrogen and oxygen atoms in total. The van der Waals surface area contributed by atoms with Gasteiger partial charge in [-0.2, -0.15) is 0 Å². The van der Waals surface area contributed by atoms with E-state index in [1.807, 2.05) is 48.5 Å². The van der Waals surface area contributed by atoms with Gasteiger partial charge >= 0.3 is 0 Å². The summed E-state index contributed by atoms with van der Waals surface area (Å²) < 4.78 is 5.17. The molecule has 0 aliphatic rings. The van der Waals surface area contributed by atoms with Gasteiger partial charge in [0, 0.05) is 34.6 Å². The zero-order chi connectivity index (χ0) is 22.9. The van der Waals surface area contributed by atoms with Crippen molar-refractivity contribution in [2.75, 3.05) is 17.7 Å². The molecule has 3 rings (SSSR count). The lowest BCUT2D eigenvalue weighted by Crippen LogP contribution is -2.11. The summed E-state index contributed by atoms with van der Waals surface area (Å²) in [5.41, 5.74) is 3.67. The molecule has 0 radical (unpaired) electrons. The van der Waals surface area contributed by atoms with Crippen LogP contribution in [0.5, 0.6) is 5.75 Å². The molecular formula is C27H30N2O3. The summed E-state index contributed by atoms with van der Waals surface area (Å²) in [6.45, 7) is 4.34. The van der Waals surface area contributed by atoms with Gasteiger partial charge in [-0.1, -0.05) is 38.5 Å². The summed E-state index contributed by atoms with van der Waals surface area (Å²) >= 11 is 0. The van der Waals surface area contributed by atoms with Crippen LogP contribution in [0, 0.1) is 5.92 Å². The minimum Gasteiger partial charge on any atom is -0.497 e. The maximum absolute atomic E-state index is 12.5. The van der Waals surface area contributed by atoms with Gasteiger partial charge in [-0.15, -0.1) is 0 Å². The monoisotopic (exact) mass is 430 g/mol. The van der Waals surface area contributed by atoms with Crippen LogP contribution in [0.15, 0.2) is 72.8 Å². The molecule has 3 aromatic carbocycles. The van der Waals surface area contributed by atoms with E-state index in [4.69, 9.17) is 4.74 Å². The Bertz CT molecular complexity index is 1060. The summed E-state index contributed by atoms with van der Waals surface area (Å²) in [6.07, 6.45) is 2.55. The number of hydrogen-bond donors (Lipinski definition) is 2. The number of ketones is 1. The third kappa shape index (κ3) is 6.71. The number of anilines is 3. The Labute approximate surface area is 189 Å². The fourth-order valence-electron chi connectivity index (χ4n) is 3.36. The van der Waals surface area contributed by atoms with Crippen molar-refractivity contribution in [2.24, 2.45) is 5.92 Å². The van der Waals surface area contributed by atoms with Gasteiger partial charge in [0.2, 0.25) is 0 Å². The molecule has 2 N–H and O–H groups in total. The maximum Gasteiger partial charge on any atom is 0.255 e. The largest absolute Gasteiger partial charge is 0.497 e. The van der Waals surface area contributed by atoms with Crippen LogP contribution in [0.2, 0.25) is 0 Å². The number of ether oxygens (including phenoxy) is 1. The number of Topliss-reactive ketones (excluding diaryl/α,β-unsaturated/α-hetero) is 1. The Hall–Kier alpha value is -3.60. The van der Waals surface area contributed by atoms with Gasteiger partial charge < -0.3 is 15.4 Å². The molecule has 0 aromatic heterocycles. The van der Waals surface area contributed by atoms with Crippen molar-refractivity contribution in [2.45, 2.75) is 33.1 Å². The summed E-state index contributed by atoms with van der Waals surface area (Å²) in [5.74, 6) is 1.22. The average molecular weight is 431 g/mol. The molecule has 0 unspecified atom stereocenters. The van der Waals surface area contributed by atoms with E-state index in [0.717, 1.165) is 29.8 Å². The van der Waals surface area contributed by atoms with Crippen molar-refractivity contribution < 1.29 is 14.3 Å². The molecule has 32 heavy (non-hydrogen) atoms. The van der Waals surface area contributed by atoms with Crippen molar-refractivity contribution in [1.29, 1.82) is 0 Å². The van der Waals surface area contributed by atoms with Gasteiger partial charge in [-0.25, -0.2) is 0 Å². The number of nitrogens with one attached hydrogen (secondary N) is 2. The van der Waals surface area contributed by atoms with Gasteiger partial charge in [-0.05, 0) is 66.9 Å². The molecule has 0 saturated carbocycles. The Morgan fingerprint density at radius 1 is 0.844 bits per heavy atom. The smallest absolute Gasteiger partial charge is 0.255 e. The molecule has 0 atom stereocenters. The summed E-state index contributed by atoms with van der Waals surface area (Å²) in [7, 11) is 1.57. The highest BCUT2D eigenvalue weighted by atomic mass is 16.5. The van der Waals surface area contributed by atoms with E-state index in [1.165, 1.54) is 0 Å². The highest BCUT2D eigenvalue weighted by Crippen LogP contribution is 2.22. The third-order valence-corrected chi connectivity index (χ3v) is 5.13. The molecule has 166 valence electrons. The second-order valence-electron chi connectivity index (χ2n) is 8.18. The van der Waals surface area contributed by atoms with Crippen molar-refractivity contribution in [1.82, 2.24) is 0 Å². The van der Waals surface area contributed by atoms with E-state index in [2.05, 4.69) is 24.5 Å². The number of hydrogen-bond acceptors (Lipinski definition) is 4. The highest BCUT2D eigenvalue weighted by Gasteiger charge is 2.09. The summed E-state index contributed by atoms with van der Waals surface area (Å²) in [5, 5.41) is 6.20. The fourth-order valence-corrected chi connectivity index (χ4v) is 3.36. The molecule has 5 heteroatoms. The van der Waals surface area contributed by atoms with E-state index in [0.29, 0.717) is 29.3 Å². The van der Waals surface area contributed by atoms with Crippen molar-refractivity contribution in [3.8, 4) is 5.75 Å². The standard InChI is InChI=1S/C27H30N2O3/c1-19(2)7-4-12-26(30)20-8-5-10-24(17-20)28-22-13-15-23(16-14-22)29-27(31)21-9-6-11-25(18-21)32-3/h5-6,8-11,13-19,28H,4,7,12H2,1-3H3,(H,29,31). The number of benzene rings is 3. The Morgan fingerprint density at radius 2 is 1.53 bits per heavy atom. The van der Waals surface area contributed by atoms with E-state index in [1.54, 1.807) is 31.4 Å². The quantitative estimate of drug-likeness (QED) is 0.351. The first kappa shape index (κ1) is 23.1. The lowest BCUT2D eigenvalue weighted by atomic mass is 10.0. The zero-order valence-electron chi connectivity index (χ0n) is 18.9. The van der Waals surface area contributed by atoms with E-state index in [-0.39, 0.29) is 11.7 Å². The van der Waals surface area contributed by atoms with Crippen LogP contribution in [0.1, 0.15) is 53.8 Å². The number of methoxy groups -OCH3 is 1. The Balaban J connectivity index is 1.59. The number of rotatable bonds is 10. The average Bonchev–Trinajstić information content (AvgIpc) is 2.80. The molecule has 0 spiro atoms. The maximum atomic E-state index is 12.5. The second kappa shape index (κ2) is 11.1. The predicted molar refractivity (Wildman–Crippen MR) is 130 cm³/mol. The molecular weight excluding hydrogens is 400 g/mol. The van der Waals surface area contributed by atoms with Crippen LogP contribution in [-0.4, -0.2) is 18.8 Å². The van der Waals surface area contributed by atoms with E-state index < -0.39 is 0 Å². The van der Waals surface area contributed by atoms with Crippen molar-refractivity contribution >= 4 is 28.8 Å². The Kier molecular flexibility index (Phi) is 8.03. The van der Waals surface area contributed by atoms with Crippen LogP contribution in [0.3, 0.4) is 0 Å². The Morgan fingerprint density at radius 3 is 2.25 bits per heavy atom. The van der Waals surface area contributed by atoms with Gasteiger partial charge in [0.25, 0.3) is 5.91 Å². The first-order valence-electron chi connectivity index (χ1n) is 10.9. The fraction of sp³-hybridized carbons (Fsp3) is 0.259. The van der Waals surface area contributed by atoms with Gasteiger partial charge in [0.15, 0.2) is 5.78 Å². The lowest BCUT2D eigenvalue weighted by Gasteiger charge is -2.10. The van der Waals surface area contributed by atoms with Crippen LogP contribution < -0.4 is 15.4 Å². The normalized spacial score (nSPS) is 10.6. The molecule has 3 aromatic rings. The summed E-state index contributed by atoms with van der Waals surface area (Å²) in [6, 6.07) is 22.0. The molecule has 0 saturated heterocycles. The topological polar surface area (TPSA) is 67.4 Å². The first-order chi connectivity index (χ1) is 15.4. The predicted octanol–water partition coefficient (Wildman–Crippen LogP) is 6.70. The SMILES string of the molecule is COc1cccc(C(=O)Nc2ccc(Nc3cccc(C(=O)CCCC(C)C)c3)cc2)c1. The van der Waals surface area contributed by atoms with Crippen LogP contribution >= 0.6 is 0 Å². The summed E-state index contributed by atoms with van der Waals surface area (Å²) in [4.78, 5) is 24.9. The van der Waals surface area contributed by atoms with Gasteiger partial charge in [-0.3, -0.25) is 9.59 Å². The second-order valence-corrected chi connectivity index (χ2v) is 8.18. The number of carbonyl (C=O) groups excluding carboxylic acids is 2. The third-order valence-electron chi connectivity index (χ3n) is 5.13. The van der Waals surface area contributed by atoms with E-state index >= 15 is 0 Å². The van der Waals surface area contributed by atoms with Crippen molar-refractivity contribution in [3.05, 3.63) is 83.9 Å². The van der Waals surface area contributed by atoms with Crippen LogP contribution in [0.4, 0.5) is 17.1 Å². The van der Waals surface area contributed by atoms with Gasteiger partial charge in [0.05, 0.1) is 7.11 Å². The van der Waals surface area contributed by atoms with Crippen LogP contribution in [-0.2, 0) is 0 Å². The highest BCUT2D eigenvalue weighted by molar-refractivity contribution is 6.04. The zero-order valence-corrected chi connectivity index (χ0v) is 18.9. The van der Waals surface area contributed by atoms with Crippen LogP contribution in [0.25, 0.3) is 0 Å². The minimum atomic E-state index is -0.201.